The fourth-order valence-corrected chi connectivity index (χ4v) is 0.504. The molecule has 0 rings (SSSR count). The number of hydrogen-bond donors (Lipinski definition) is 1. The molecule has 1 atom stereocenters. The Morgan fingerprint density at radius 1 is 1.50 bits per heavy atom. The Labute approximate surface area is 64.5 Å². The van der Waals surface area contributed by atoms with E-state index in [1.165, 1.54) is 12.0 Å². The highest BCUT2D eigenvalue weighted by molar-refractivity contribution is 4.95. The quantitative estimate of drug-likeness (QED) is 0.634. The first-order valence-corrected chi connectivity index (χ1v) is 4.12. The van der Waals surface area contributed by atoms with Crippen molar-refractivity contribution in [2.75, 3.05) is 0 Å². The second-order valence-electron chi connectivity index (χ2n) is 2.82. The zero-order valence-corrected chi connectivity index (χ0v) is 7.57. The van der Waals surface area contributed by atoms with Crippen LogP contribution in [0, 0.1) is 0 Å². The maximum Gasteiger partial charge on any atom is 0.0224 e. The lowest BCUT2D eigenvalue weighted by Crippen LogP contribution is -2.19. The van der Waals surface area contributed by atoms with Crippen molar-refractivity contribution in [1.29, 1.82) is 0 Å². The van der Waals surface area contributed by atoms with Gasteiger partial charge in [-0.25, -0.2) is 0 Å². The Kier molecular flexibility index (Phi) is 5.09. The molecule has 0 aromatic carbocycles. The number of hydrogen-bond acceptors (Lipinski definition) is 1. The van der Waals surface area contributed by atoms with Crippen molar-refractivity contribution < 1.29 is 0 Å². The minimum atomic E-state index is 0.612. The monoisotopic (exact) mass is 141 g/mol. The third-order valence-corrected chi connectivity index (χ3v) is 1.78. The van der Waals surface area contributed by atoms with Crippen molar-refractivity contribution >= 4 is 0 Å². The maximum absolute atomic E-state index is 3.32. The average molecular weight is 141 g/mol. The van der Waals surface area contributed by atoms with Gasteiger partial charge in [0.1, 0.15) is 0 Å². The Balaban J connectivity index is 3.50. The van der Waals surface area contributed by atoms with Gasteiger partial charge < -0.3 is 5.32 Å². The topological polar surface area (TPSA) is 12.0 Å². The molecule has 1 N–H and O–H groups in total. The molecule has 0 bridgehead atoms. The van der Waals surface area contributed by atoms with E-state index in [2.05, 4.69) is 39.2 Å². The summed E-state index contributed by atoms with van der Waals surface area (Å²) >= 11 is 0. The zero-order chi connectivity index (χ0) is 7.98. The lowest BCUT2D eigenvalue weighted by Gasteiger charge is -2.08. The smallest absolute Gasteiger partial charge is 0.0224 e. The molecule has 0 aliphatic heterocycles. The molecule has 0 saturated heterocycles. The summed E-state index contributed by atoms with van der Waals surface area (Å²) in [5.74, 6) is 0. The summed E-state index contributed by atoms with van der Waals surface area (Å²) in [5.41, 5.74) is 1.42. The third kappa shape index (κ3) is 4.42. The fraction of sp³-hybridized carbons (Fsp3) is 0.778. The van der Waals surface area contributed by atoms with Crippen LogP contribution in [0.15, 0.2) is 11.8 Å². The highest BCUT2D eigenvalue weighted by Gasteiger charge is 1.91. The minimum absolute atomic E-state index is 0.612. The molecule has 0 saturated carbocycles. The minimum Gasteiger partial charge on any atom is -0.388 e. The van der Waals surface area contributed by atoms with Gasteiger partial charge in [0.25, 0.3) is 0 Å². The summed E-state index contributed by atoms with van der Waals surface area (Å²) in [5, 5.41) is 3.32. The molecule has 0 aliphatic carbocycles. The Morgan fingerprint density at radius 2 is 2.10 bits per heavy atom. The highest BCUT2D eigenvalue weighted by atomic mass is 14.9. The molecule has 0 spiro atoms. The van der Waals surface area contributed by atoms with Gasteiger partial charge in [0.15, 0.2) is 0 Å². The summed E-state index contributed by atoms with van der Waals surface area (Å²) in [6, 6.07) is 0.612. The zero-order valence-electron chi connectivity index (χ0n) is 7.57. The van der Waals surface area contributed by atoms with Crippen LogP contribution in [0.3, 0.4) is 0 Å². The van der Waals surface area contributed by atoms with E-state index in [-0.39, 0.29) is 0 Å². The van der Waals surface area contributed by atoms with Crippen LogP contribution in [0.25, 0.3) is 0 Å². The summed E-state index contributed by atoms with van der Waals surface area (Å²) in [7, 11) is 0. The molecular weight excluding hydrogens is 122 g/mol. The van der Waals surface area contributed by atoms with E-state index < -0.39 is 0 Å². The van der Waals surface area contributed by atoms with E-state index in [1.54, 1.807) is 0 Å². The molecule has 0 fully saturated rings. The predicted molar refractivity (Wildman–Crippen MR) is 46.9 cm³/mol. The molecule has 10 heavy (non-hydrogen) atoms. The third-order valence-electron chi connectivity index (χ3n) is 1.78. The molecule has 60 valence electrons. The normalized spacial score (nSPS) is 15.0. The molecule has 1 heteroatoms. The van der Waals surface area contributed by atoms with Gasteiger partial charge in [0.05, 0.1) is 0 Å². The maximum atomic E-state index is 3.32. The van der Waals surface area contributed by atoms with Gasteiger partial charge in [-0.1, -0.05) is 19.4 Å². The lowest BCUT2D eigenvalue weighted by atomic mass is 10.2. The summed E-state index contributed by atoms with van der Waals surface area (Å²) in [6.45, 7) is 8.70. The second-order valence-corrected chi connectivity index (χ2v) is 2.82. The standard InChI is InChI=1S/C9H19N/c1-5-8(3)7-10-9(4)6-2/h7,9-10H,5-6H2,1-4H3/b8-7-. The largest absolute Gasteiger partial charge is 0.388 e. The van der Waals surface area contributed by atoms with Crippen LogP contribution in [0.2, 0.25) is 0 Å². The fourth-order valence-electron chi connectivity index (χ4n) is 0.504. The first-order chi connectivity index (χ1) is 4.70. The van der Waals surface area contributed by atoms with Gasteiger partial charge in [0.2, 0.25) is 0 Å². The van der Waals surface area contributed by atoms with E-state index >= 15 is 0 Å². The SMILES string of the molecule is CC/C(C)=C\NC(C)CC. The van der Waals surface area contributed by atoms with Gasteiger partial charge >= 0.3 is 0 Å². The van der Waals surface area contributed by atoms with Gasteiger partial charge in [-0.05, 0) is 32.9 Å². The Morgan fingerprint density at radius 3 is 2.50 bits per heavy atom. The molecule has 1 nitrogen and oxygen atoms in total. The van der Waals surface area contributed by atoms with E-state index in [4.69, 9.17) is 0 Å². The molecule has 0 heterocycles. The van der Waals surface area contributed by atoms with E-state index in [0.29, 0.717) is 6.04 Å². The molecule has 0 amide bonds. The van der Waals surface area contributed by atoms with Crippen molar-refractivity contribution in [3.8, 4) is 0 Å². The average Bonchev–Trinajstić information content (AvgIpc) is 1.99. The van der Waals surface area contributed by atoms with Crippen LogP contribution < -0.4 is 5.32 Å². The Hall–Kier alpha value is -0.460. The molecule has 1 unspecified atom stereocenters. The second kappa shape index (κ2) is 5.33. The van der Waals surface area contributed by atoms with Gasteiger partial charge in [-0.2, -0.15) is 0 Å². The summed E-state index contributed by atoms with van der Waals surface area (Å²) in [4.78, 5) is 0. The van der Waals surface area contributed by atoms with Crippen LogP contribution in [0.5, 0.6) is 0 Å². The van der Waals surface area contributed by atoms with Crippen molar-refractivity contribution in [3.05, 3.63) is 11.8 Å². The van der Waals surface area contributed by atoms with Gasteiger partial charge in [0, 0.05) is 6.04 Å². The van der Waals surface area contributed by atoms with Crippen molar-refractivity contribution in [3.63, 3.8) is 0 Å². The molecular formula is C9H19N. The van der Waals surface area contributed by atoms with E-state index in [9.17, 15) is 0 Å². The molecule has 0 aromatic heterocycles. The van der Waals surface area contributed by atoms with Crippen molar-refractivity contribution in [2.45, 2.75) is 46.6 Å². The van der Waals surface area contributed by atoms with Gasteiger partial charge in [-0.3, -0.25) is 0 Å². The summed E-state index contributed by atoms with van der Waals surface area (Å²) < 4.78 is 0. The van der Waals surface area contributed by atoms with Crippen LogP contribution in [-0.2, 0) is 0 Å². The summed E-state index contributed by atoms with van der Waals surface area (Å²) in [6.07, 6.45) is 4.45. The predicted octanol–water partition coefficient (Wildman–Crippen LogP) is 2.69. The van der Waals surface area contributed by atoms with Crippen LogP contribution in [0.4, 0.5) is 0 Å². The molecule has 0 aromatic rings. The first kappa shape index (κ1) is 9.54. The first-order valence-electron chi connectivity index (χ1n) is 4.12. The van der Waals surface area contributed by atoms with E-state index in [0.717, 1.165) is 6.42 Å². The number of nitrogens with one attached hydrogen (secondary N) is 1. The molecule has 0 aliphatic rings. The van der Waals surface area contributed by atoms with Crippen LogP contribution in [0.1, 0.15) is 40.5 Å². The van der Waals surface area contributed by atoms with Crippen molar-refractivity contribution in [2.24, 2.45) is 0 Å². The number of allylic oxidation sites excluding steroid dienone is 1. The van der Waals surface area contributed by atoms with Crippen molar-refractivity contribution in [1.82, 2.24) is 5.32 Å². The van der Waals surface area contributed by atoms with E-state index in [1.807, 2.05) is 0 Å². The number of rotatable bonds is 4. The highest BCUT2D eigenvalue weighted by Crippen LogP contribution is 1.96. The van der Waals surface area contributed by atoms with Crippen LogP contribution >= 0.6 is 0 Å². The van der Waals surface area contributed by atoms with Crippen LogP contribution in [-0.4, -0.2) is 6.04 Å². The molecule has 0 radical (unpaired) electrons. The lowest BCUT2D eigenvalue weighted by molar-refractivity contribution is 0.615. The van der Waals surface area contributed by atoms with Gasteiger partial charge in [-0.15, -0.1) is 0 Å². The Bertz CT molecular complexity index is 105.